The zero-order chi connectivity index (χ0) is 24.5. The van der Waals surface area contributed by atoms with Crippen LogP contribution in [0.1, 0.15) is 29.5 Å². The fourth-order valence-electron chi connectivity index (χ4n) is 4.69. The maximum atomic E-state index is 14.4. The van der Waals surface area contributed by atoms with E-state index >= 15 is 0 Å². The van der Waals surface area contributed by atoms with Crippen LogP contribution in [-0.4, -0.2) is 25.6 Å². The van der Waals surface area contributed by atoms with Gasteiger partial charge < -0.3 is 15.0 Å². The Labute approximate surface area is 197 Å². The van der Waals surface area contributed by atoms with Gasteiger partial charge in [0, 0.05) is 12.2 Å². The lowest BCUT2D eigenvalue weighted by atomic mass is 9.96. The lowest BCUT2D eigenvalue weighted by Gasteiger charge is -2.30. The van der Waals surface area contributed by atoms with Crippen LogP contribution in [-0.2, 0) is 11.0 Å². The predicted molar refractivity (Wildman–Crippen MR) is 128 cm³/mol. The number of rotatable bonds is 5. The van der Waals surface area contributed by atoms with Crippen molar-refractivity contribution in [1.29, 1.82) is 0 Å². The molecule has 0 aliphatic carbocycles. The average molecular weight is 469 g/mol. The van der Waals surface area contributed by atoms with Gasteiger partial charge in [0.15, 0.2) is 0 Å². The van der Waals surface area contributed by atoms with Gasteiger partial charge in [0.05, 0.1) is 18.4 Å². The average Bonchev–Trinajstić information content (AvgIpc) is 3.27. The van der Waals surface area contributed by atoms with Crippen LogP contribution in [0.15, 0.2) is 60.7 Å². The molecule has 4 rings (SSSR count). The molecule has 1 aliphatic rings. The van der Waals surface area contributed by atoms with E-state index in [2.05, 4.69) is 5.32 Å². The van der Waals surface area contributed by atoms with E-state index in [1.807, 2.05) is 32.0 Å². The van der Waals surface area contributed by atoms with Crippen molar-refractivity contribution in [1.82, 2.24) is 0 Å². The van der Waals surface area contributed by atoms with Crippen molar-refractivity contribution < 1.29 is 22.7 Å². The number of nitrogens with zero attached hydrogens (tertiary/aromatic N) is 1. The van der Waals surface area contributed by atoms with E-state index in [0.29, 0.717) is 36.4 Å². The number of methoxy groups -OCH3 is 1. The number of alkyl halides is 3. The summed E-state index contributed by atoms with van der Waals surface area (Å²) in [6, 6.07) is 16.1. The molecule has 1 aliphatic heterocycles. The van der Waals surface area contributed by atoms with Gasteiger partial charge in [-0.2, -0.15) is 13.2 Å². The number of aryl methyl sites for hydroxylation is 2. The molecule has 0 spiro atoms. The van der Waals surface area contributed by atoms with Crippen molar-refractivity contribution >= 4 is 17.3 Å². The molecule has 0 bridgehead atoms. The highest BCUT2D eigenvalue weighted by molar-refractivity contribution is 5.98. The summed E-state index contributed by atoms with van der Waals surface area (Å²) in [6.45, 7) is 4.25. The molecule has 3 aromatic carbocycles. The predicted octanol–water partition coefficient (Wildman–Crippen LogP) is 6.61. The molecule has 1 heterocycles. The van der Waals surface area contributed by atoms with E-state index in [1.54, 1.807) is 35.2 Å². The minimum absolute atomic E-state index is 0.0268. The van der Waals surface area contributed by atoms with Crippen molar-refractivity contribution in [2.75, 3.05) is 23.9 Å². The topological polar surface area (TPSA) is 41.6 Å². The standard InChI is InChI=1S/C27H27F3N2O2/c1-17-14-18(2)16-20(15-17)31-26(33)24-8-5-13-32(24)23-7-4-6-22(25(23)27(28,29)30)19-9-11-21(34-3)12-10-19/h4,6-7,9-12,14-16,24H,5,8,13H2,1-3H3,(H,31,33)/t24-/m0/s1. The van der Waals surface area contributed by atoms with Crippen LogP contribution in [0, 0.1) is 13.8 Å². The number of ether oxygens (including phenoxy) is 1. The van der Waals surface area contributed by atoms with Crippen LogP contribution in [0.4, 0.5) is 24.5 Å². The fraction of sp³-hybridized carbons (Fsp3) is 0.296. The maximum Gasteiger partial charge on any atom is 0.418 e. The van der Waals surface area contributed by atoms with Gasteiger partial charge in [0.25, 0.3) is 0 Å². The number of anilines is 2. The number of amides is 1. The molecule has 0 radical (unpaired) electrons. The van der Waals surface area contributed by atoms with Gasteiger partial charge in [-0.3, -0.25) is 4.79 Å². The summed E-state index contributed by atoms with van der Waals surface area (Å²) in [5, 5.41) is 2.91. The van der Waals surface area contributed by atoms with E-state index < -0.39 is 17.8 Å². The SMILES string of the molecule is COc1ccc(-c2cccc(N3CCC[C@H]3C(=O)Nc3cc(C)cc(C)c3)c2C(F)(F)F)cc1. The second-order valence-electron chi connectivity index (χ2n) is 8.64. The monoisotopic (exact) mass is 468 g/mol. The van der Waals surface area contributed by atoms with Crippen molar-refractivity contribution in [3.05, 3.63) is 77.4 Å². The number of nitrogens with one attached hydrogen (secondary N) is 1. The number of halogens is 3. The Morgan fingerprint density at radius 2 is 1.71 bits per heavy atom. The van der Waals surface area contributed by atoms with Gasteiger partial charge >= 0.3 is 6.18 Å². The van der Waals surface area contributed by atoms with Crippen LogP contribution in [0.5, 0.6) is 5.75 Å². The second kappa shape index (κ2) is 9.41. The molecule has 1 amide bonds. The Kier molecular flexibility index (Phi) is 6.55. The second-order valence-corrected chi connectivity index (χ2v) is 8.64. The van der Waals surface area contributed by atoms with Crippen LogP contribution < -0.4 is 15.0 Å². The molecule has 0 unspecified atom stereocenters. The lowest BCUT2D eigenvalue weighted by molar-refractivity contribution is -0.136. The molecule has 4 nitrogen and oxygen atoms in total. The molecule has 0 saturated carbocycles. The van der Waals surface area contributed by atoms with Crippen molar-refractivity contribution in [3.8, 4) is 16.9 Å². The third-order valence-corrected chi connectivity index (χ3v) is 6.08. The number of benzene rings is 3. The first-order valence-electron chi connectivity index (χ1n) is 11.2. The Balaban J connectivity index is 1.71. The van der Waals surface area contributed by atoms with Gasteiger partial charge in [-0.25, -0.2) is 0 Å². The number of hydrogen-bond donors (Lipinski definition) is 1. The Hall–Kier alpha value is -3.48. The largest absolute Gasteiger partial charge is 0.497 e. The smallest absolute Gasteiger partial charge is 0.418 e. The molecular weight excluding hydrogens is 441 g/mol. The first-order valence-corrected chi connectivity index (χ1v) is 11.2. The first-order chi connectivity index (χ1) is 16.2. The van der Waals surface area contributed by atoms with Gasteiger partial charge in [-0.15, -0.1) is 0 Å². The van der Waals surface area contributed by atoms with Gasteiger partial charge in [-0.05, 0) is 79.3 Å². The summed E-state index contributed by atoms with van der Waals surface area (Å²) in [6.07, 6.45) is -3.47. The van der Waals surface area contributed by atoms with Crippen LogP contribution in [0.25, 0.3) is 11.1 Å². The summed E-state index contributed by atoms with van der Waals surface area (Å²) >= 11 is 0. The third-order valence-electron chi connectivity index (χ3n) is 6.08. The zero-order valence-corrected chi connectivity index (χ0v) is 19.4. The molecular formula is C27H27F3N2O2. The Bertz CT molecular complexity index is 1170. The third kappa shape index (κ3) is 4.88. The molecule has 1 atom stereocenters. The minimum atomic E-state index is -4.59. The summed E-state index contributed by atoms with van der Waals surface area (Å²) in [4.78, 5) is 14.8. The summed E-state index contributed by atoms with van der Waals surface area (Å²) in [5.41, 5.74) is 2.47. The van der Waals surface area contributed by atoms with Crippen molar-refractivity contribution in [2.24, 2.45) is 0 Å². The molecule has 1 fully saturated rings. The molecule has 34 heavy (non-hydrogen) atoms. The van der Waals surface area contributed by atoms with Crippen LogP contribution in [0.3, 0.4) is 0 Å². The van der Waals surface area contributed by atoms with E-state index in [4.69, 9.17) is 4.74 Å². The van der Waals surface area contributed by atoms with Gasteiger partial charge in [0.2, 0.25) is 5.91 Å². The molecule has 7 heteroatoms. The Morgan fingerprint density at radius 3 is 2.32 bits per heavy atom. The number of hydrogen-bond acceptors (Lipinski definition) is 3. The van der Waals surface area contributed by atoms with Gasteiger partial charge in [0.1, 0.15) is 11.8 Å². The molecule has 178 valence electrons. The van der Waals surface area contributed by atoms with E-state index in [1.165, 1.54) is 19.2 Å². The zero-order valence-electron chi connectivity index (χ0n) is 19.4. The minimum Gasteiger partial charge on any atom is -0.497 e. The first kappa shape index (κ1) is 23.7. The highest BCUT2D eigenvalue weighted by atomic mass is 19.4. The maximum absolute atomic E-state index is 14.4. The highest BCUT2D eigenvalue weighted by Crippen LogP contribution is 2.45. The summed E-state index contributed by atoms with van der Waals surface area (Å²) < 4.78 is 48.4. The quantitative estimate of drug-likeness (QED) is 0.458. The van der Waals surface area contributed by atoms with Crippen LogP contribution >= 0.6 is 0 Å². The van der Waals surface area contributed by atoms with Crippen molar-refractivity contribution in [3.63, 3.8) is 0 Å². The summed E-state index contributed by atoms with van der Waals surface area (Å²) in [5.74, 6) is 0.265. The normalized spacial score (nSPS) is 15.9. The molecule has 3 aromatic rings. The van der Waals surface area contributed by atoms with Crippen LogP contribution in [0.2, 0.25) is 0 Å². The fourth-order valence-corrected chi connectivity index (χ4v) is 4.69. The van der Waals surface area contributed by atoms with Crippen molar-refractivity contribution in [2.45, 2.75) is 38.9 Å². The highest BCUT2D eigenvalue weighted by Gasteiger charge is 2.41. The Morgan fingerprint density at radius 1 is 1.03 bits per heavy atom. The molecule has 1 N–H and O–H groups in total. The lowest BCUT2D eigenvalue weighted by Crippen LogP contribution is -2.40. The van der Waals surface area contributed by atoms with E-state index in [0.717, 1.165) is 11.1 Å². The number of carbonyl (C=O) groups is 1. The van der Waals surface area contributed by atoms with E-state index in [9.17, 15) is 18.0 Å². The van der Waals surface area contributed by atoms with E-state index in [-0.39, 0.29) is 17.2 Å². The van der Waals surface area contributed by atoms with Gasteiger partial charge in [-0.1, -0.05) is 30.3 Å². The molecule has 0 aromatic heterocycles. The summed E-state index contributed by atoms with van der Waals surface area (Å²) in [7, 11) is 1.51. The number of carbonyl (C=O) groups excluding carboxylic acids is 1. The molecule has 1 saturated heterocycles.